The Labute approximate surface area is 182 Å². The number of hydrogen-bond acceptors (Lipinski definition) is 5. The molecule has 1 atom stereocenters. The van der Waals surface area contributed by atoms with E-state index in [9.17, 15) is 22.8 Å². The molecule has 2 aromatic rings. The minimum atomic E-state index is -4.41. The summed E-state index contributed by atoms with van der Waals surface area (Å²) in [5, 5.41) is 1.87. The summed E-state index contributed by atoms with van der Waals surface area (Å²) in [7, 11) is 0. The zero-order valence-corrected chi connectivity index (χ0v) is 17.7. The molecule has 2 aliphatic heterocycles. The maximum atomic E-state index is 13.0. The molecule has 1 unspecified atom stereocenters. The van der Waals surface area contributed by atoms with Crippen molar-refractivity contribution in [3.63, 3.8) is 0 Å². The molecule has 0 radical (unpaired) electrons. The van der Waals surface area contributed by atoms with Crippen LogP contribution in [0.25, 0.3) is 0 Å². The number of piperazine rings is 1. The smallest absolute Gasteiger partial charge is 0.353 e. The molecular weight excluding hydrogens is 429 g/mol. The van der Waals surface area contributed by atoms with Gasteiger partial charge in [0, 0.05) is 45.5 Å². The first-order valence-corrected chi connectivity index (χ1v) is 11.1. The summed E-state index contributed by atoms with van der Waals surface area (Å²) in [6.07, 6.45) is -2.01. The van der Waals surface area contributed by atoms with E-state index in [4.69, 9.17) is 0 Å². The van der Waals surface area contributed by atoms with Gasteiger partial charge >= 0.3 is 6.18 Å². The summed E-state index contributed by atoms with van der Waals surface area (Å²) < 4.78 is 38.1. The number of nitrogens with zero attached hydrogens (tertiary/aromatic N) is 4. The average Bonchev–Trinajstić information content (AvgIpc) is 3.33. The van der Waals surface area contributed by atoms with E-state index in [1.165, 1.54) is 17.4 Å². The van der Waals surface area contributed by atoms with Gasteiger partial charge in [-0.25, -0.2) is 4.98 Å². The summed E-state index contributed by atoms with van der Waals surface area (Å²) in [6.45, 7) is 3.07. The Morgan fingerprint density at radius 2 is 1.81 bits per heavy atom. The van der Waals surface area contributed by atoms with Crippen LogP contribution >= 0.6 is 11.3 Å². The predicted octanol–water partition coefficient (Wildman–Crippen LogP) is 3.36. The summed E-state index contributed by atoms with van der Waals surface area (Å²) in [5.74, 6) is 0.285. The van der Waals surface area contributed by atoms with Crippen LogP contribution in [0.5, 0.6) is 0 Å². The molecule has 166 valence electrons. The molecule has 2 aromatic heterocycles. The van der Waals surface area contributed by atoms with Gasteiger partial charge in [-0.3, -0.25) is 9.59 Å². The van der Waals surface area contributed by atoms with Gasteiger partial charge in [0.2, 0.25) is 5.91 Å². The van der Waals surface area contributed by atoms with Crippen LogP contribution in [-0.4, -0.2) is 65.9 Å². The highest BCUT2D eigenvalue weighted by Crippen LogP contribution is 2.29. The number of alkyl halides is 3. The second-order valence-corrected chi connectivity index (χ2v) is 8.73. The minimum Gasteiger partial charge on any atom is -0.353 e. The number of halogens is 3. The van der Waals surface area contributed by atoms with Crippen LogP contribution in [0.4, 0.5) is 19.0 Å². The Morgan fingerprint density at radius 3 is 2.42 bits per heavy atom. The second-order valence-electron chi connectivity index (χ2n) is 7.78. The molecule has 0 aliphatic carbocycles. The number of carbonyl (C=O) groups is 2. The molecule has 0 spiro atoms. The van der Waals surface area contributed by atoms with Crippen LogP contribution in [0.1, 0.15) is 28.1 Å². The van der Waals surface area contributed by atoms with Crippen molar-refractivity contribution in [1.29, 1.82) is 0 Å². The normalized spacial score (nSPS) is 20.1. The van der Waals surface area contributed by atoms with Crippen molar-refractivity contribution in [1.82, 2.24) is 14.8 Å². The van der Waals surface area contributed by atoms with E-state index in [1.54, 1.807) is 15.9 Å². The first kappa shape index (κ1) is 21.6. The number of carbonyl (C=O) groups excluding carboxylic acids is 2. The van der Waals surface area contributed by atoms with Crippen molar-refractivity contribution in [3.05, 3.63) is 46.3 Å². The van der Waals surface area contributed by atoms with Crippen molar-refractivity contribution in [2.75, 3.05) is 44.2 Å². The zero-order valence-electron chi connectivity index (χ0n) is 16.8. The molecule has 2 aliphatic rings. The van der Waals surface area contributed by atoms with Gasteiger partial charge in [-0.2, -0.15) is 13.2 Å². The van der Waals surface area contributed by atoms with E-state index in [1.807, 2.05) is 16.3 Å². The van der Waals surface area contributed by atoms with Crippen molar-refractivity contribution >= 4 is 29.0 Å². The standard InChI is InChI=1S/C21H23F3N4O2S/c22-21(23,24)16-5-6-18(25-13-16)26-8-10-27(11-9-26)19(29)15-3-1-7-28(14-15)20(30)17-4-2-12-31-17/h2,4-6,12-13,15H,1,3,7-11,14H2. The van der Waals surface area contributed by atoms with E-state index >= 15 is 0 Å². The monoisotopic (exact) mass is 452 g/mol. The Bertz CT molecular complexity index is 910. The first-order valence-electron chi connectivity index (χ1n) is 10.2. The quantitative estimate of drug-likeness (QED) is 0.717. The number of thiophene rings is 1. The molecular formula is C21H23F3N4O2S. The highest BCUT2D eigenvalue weighted by molar-refractivity contribution is 7.12. The molecule has 4 heterocycles. The molecule has 6 nitrogen and oxygen atoms in total. The van der Waals surface area contributed by atoms with Crippen molar-refractivity contribution in [2.45, 2.75) is 19.0 Å². The van der Waals surface area contributed by atoms with Crippen LogP contribution in [0.15, 0.2) is 35.8 Å². The number of amides is 2. The van der Waals surface area contributed by atoms with E-state index in [0.29, 0.717) is 50.0 Å². The lowest BCUT2D eigenvalue weighted by Crippen LogP contribution is -2.53. The van der Waals surface area contributed by atoms with Crippen molar-refractivity contribution in [3.8, 4) is 0 Å². The highest BCUT2D eigenvalue weighted by Gasteiger charge is 2.34. The van der Waals surface area contributed by atoms with Crippen LogP contribution in [0.3, 0.4) is 0 Å². The summed E-state index contributed by atoms with van der Waals surface area (Å²) in [6, 6.07) is 6.04. The minimum absolute atomic E-state index is 0.0225. The van der Waals surface area contributed by atoms with Crippen LogP contribution in [0.2, 0.25) is 0 Å². The van der Waals surface area contributed by atoms with E-state index < -0.39 is 11.7 Å². The van der Waals surface area contributed by atoms with Crippen molar-refractivity contribution < 1.29 is 22.8 Å². The molecule has 0 N–H and O–H groups in total. The lowest BCUT2D eigenvalue weighted by atomic mass is 9.96. The second kappa shape index (κ2) is 8.86. The van der Waals surface area contributed by atoms with Gasteiger partial charge in [0.05, 0.1) is 16.4 Å². The highest BCUT2D eigenvalue weighted by atomic mass is 32.1. The Hall–Kier alpha value is -2.62. The molecule has 2 fully saturated rings. The molecule has 31 heavy (non-hydrogen) atoms. The Kier molecular flexibility index (Phi) is 6.17. The number of rotatable bonds is 3. The largest absolute Gasteiger partial charge is 0.417 e. The molecule has 0 saturated carbocycles. The molecule has 0 bridgehead atoms. The number of hydrogen-bond donors (Lipinski definition) is 0. The fourth-order valence-electron chi connectivity index (χ4n) is 4.07. The van der Waals surface area contributed by atoms with E-state index in [2.05, 4.69) is 4.98 Å². The van der Waals surface area contributed by atoms with Crippen molar-refractivity contribution in [2.24, 2.45) is 5.92 Å². The van der Waals surface area contributed by atoms with Gasteiger partial charge in [-0.1, -0.05) is 6.07 Å². The van der Waals surface area contributed by atoms with Crippen LogP contribution in [-0.2, 0) is 11.0 Å². The third kappa shape index (κ3) is 4.84. The fourth-order valence-corrected chi connectivity index (χ4v) is 4.76. The third-order valence-corrected chi connectivity index (χ3v) is 6.64. The average molecular weight is 453 g/mol. The maximum Gasteiger partial charge on any atom is 0.417 e. The summed E-state index contributed by atoms with van der Waals surface area (Å²) in [4.78, 5) is 35.7. The van der Waals surface area contributed by atoms with Gasteiger partial charge in [0.25, 0.3) is 5.91 Å². The molecule has 2 amide bonds. The number of piperidine rings is 1. The predicted molar refractivity (Wildman–Crippen MR) is 111 cm³/mol. The number of likely N-dealkylation sites (tertiary alicyclic amines) is 1. The molecule has 2 saturated heterocycles. The SMILES string of the molecule is O=C(c1cccs1)N1CCCC(C(=O)N2CCN(c3ccc(C(F)(F)F)cn3)CC2)C1. The van der Waals surface area contributed by atoms with Gasteiger partial charge in [0.1, 0.15) is 5.82 Å². The van der Waals surface area contributed by atoms with Gasteiger partial charge < -0.3 is 14.7 Å². The fraction of sp³-hybridized carbons (Fsp3) is 0.476. The van der Waals surface area contributed by atoms with E-state index in [0.717, 1.165) is 25.1 Å². The van der Waals surface area contributed by atoms with Gasteiger partial charge in [-0.15, -0.1) is 11.3 Å². The molecule has 4 rings (SSSR count). The lowest BCUT2D eigenvalue weighted by Gasteiger charge is -2.39. The lowest BCUT2D eigenvalue weighted by molar-refractivity contribution is -0.138. The van der Waals surface area contributed by atoms with Gasteiger partial charge in [-0.05, 0) is 36.4 Å². The molecule has 0 aromatic carbocycles. The zero-order chi connectivity index (χ0) is 22.0. The Balaban J connectivity index is 1.32. The number of anilines is 1. The maximum absolute atomic E-state index is 13.0. The number of pyridine rings is 1. The van der Waals surface area contributed by atoms with Crippen LogP contribution < -0.4 is 4.90 Å². The topological polar surface area (TPSA) is 56.8 Å². The summed E-state index contributed by atoms with van der Waals surface area (Å²) in [5.41, 5.74) is -0.774. The summed E-state index contributed by atoms with van der Waals surface area (Å²) >= 11 is 1.40. The van der Waals surface area contributed by atoms with Crippen LogP contribution in [0, 0.1) is 5.92 Å². The Morgan fingerprint density at radius 1 is 1.03 bits per heavy atom. The van der Waals surface area contributed by atoms with Gasteiger partial charge in [0.15, 0.2) is 0 Å². The number of aromatic nitrogens is 1. The molecule has 10 heteroatoms. The third-order valence-electron chi connectivity index (χ3n) is 5.78. The first-order chi connectivity index (χ1) is 14.8. The van der Waals surface area contributed by atoms with E-state index in [-0.39, 0.29) is 17.7 Å².